The Labute approximate surface area is 101 Å². The van der Waals surface area contributed by atoms with E-state index in [1.54, 1.807) is 12.4 Å². The zero-order valence-corrected chi connectivity index (χ0v) is 10.1. The summed E-state index contributed by atoms with van der Waals surface area (Å²) in [7, 11) is 1.84. The Balaban J connectivity index is 2.13. The van der Waals surface area contributed by atoms with Crippen molar-refractivity contribution in [2.45, 2.75) is 19.8 Å². The van der Waals surface area contributed by atoms with Gasteiger partial charge in [0.25, 0.3) is 0 Å². The molecule has 0 saturated heterocycles. The van der Waals surface area contributed by atoms with Crippen molar-refractivity contribution in [2.24, 2.45) is 0 Å². The Morgan fingerprint density at radius 3 is 2.65 bits per heavy atom. The van der Waals surface area contributed by atoms with Crippen LogP contribution in [0.2, 0.25) is 0 Å². The molecule has 0 aliphatic rings. The molecule has 2 aromatic heterocycles. The molecule has 2 rings (SSSR count). The summed E-state index contributed by atoms with van der Waals surface area (Å²) >= 11 is 0. The molecule has 4 nitrogen and oxygen atoms in total. The predicted molar refractivity (Wildman–Crippen MR) is 68.0 cm³/mol. The highest BCUT2D eigenvalue weighted by Crippen LogP contribution is 2.08. The van der Waals surface area contributed by atoms with Crippen LogP contribution in [0.4, 0.5) is 5.82 Å². The molecule has 0 aromatic carbocycles. The van der Waals surface area contributed by atoms with Crippen LogP contribution in [0.15, 0.2) is 30.7 Å². The Hall–Kier alpha value is -1.97. The van der Waals surface area contributed by atoms with Gasteiger partial charge in [0.1, 0.15) is 5.82 Å². The number of aromatic nitrogens is 3. The molecule has 0 unspecified atom stereocenters. The quantitative estimate of drug-likeness (QED) is 0.870. The molecule has 88 valence electrons. The van der Waals surface area contributed by atoms with Crippen molar-refractivity contribution in [3.05, 3.63) is 47.7 Å². The summed E-state index contributed by atoms with van der Waals surface area (Å²) in [5, 5.41) is 2.98. The molecular weight excluding hydrogens is 212 g/mol. The number of nitrogens with one attached hydrogen (secondary N) is 1. The van der Waals surface area contributed by atoms with Crippen LogP contribution in [0.25, 0.3) is 0 Å². The molecule has 0 atom stereocenters. The van der Waals surface area contributed by atoms with Crippen LogP contribution < -0.4 is 5.32 Å². The molecule has 0 fully saturated rings. The van der Waals surface area contributed by atoms with E-state index < -0.39 is 0 Å². The smallest absolute Gasteiger partial charge is 0.144 e. The second kappa shape index (κ2) is 5.39. The van der Waals surface area contributed by atoms with E-state index in [-0.39, 0.29) is 0 Å². The third kappa shape index (κ3) is 3.00. The third-order valence-electron chi connectivity index (χ3n) is 2.60. The average Bonchev–Trinajstić information content (AvgIpc) is 2.40. The maximum Gasteiger partial charge on any atom is 0.144 e. The Bertz CT molecular complexity index is 479. The van der Waals surface area contributed by atoms with Gasteiger partial charge in [-0.2, -0.15) is 0 Å². The van der Waals surface area contributed by atoms with Crippen LogP contribution in [-0.2, 0) is 12.8 Å². The fraction of sp³-hybridized carbons (Fsp3) is 0.308. The summed E-state index contributed by atoms with van der Waals surface area (Å²) in [5.74, 6) is 0.785. The minimum Gasteiger partial charge on any atom is -0.372 e. The highest BCUT2D eigenvalue weighted by molar-refractivity contribution is 5.31. The molecule has 17 heavy (non-hydrogen) atoms. The fourth-order valence-electron chi connectivity index (χ4n) is 1.57. The number of nitrogens with zero attached hydrogens (tertiary/aromatic N) is 3. The van der Waals surface area contributed by atoms with E-state index in [0.717, 1.165) is 23.6 Å². The first-order chi connectivity index (χ1) is 8.31. The lowest BCUT2D eigenvalue weighted by Crippen LogP contribution is -2.00. The molecule has 0 saturated carbocycles. The number of pyridine rings is 1. The lowest BCUT2D eigenvalue weighted by atomic mass is 10.1. The molecule has 1 N–H and O–H groups in total. The van der Waals surface area contributed by atoms with Gasteiger partial charge >= 0.3 is 0 Å². The molecule has 0 aliphatic carbocycles. The van der Waals surface area contributed by atoms with Crippen LogP contribution in [0.3, 0.4) is 0 Å². The van der Waals surface area contributed by atoms with Gasteiger partial charge in [-0.1, -0.05) is 13.0 Å². The van der Waals surface area contributed by atoms with Gasteiger partial charge in [0.2, 0.25) is 0 Å². The van der Waals surface area contributed by atoms with Crippen LogP contribution in [-0.4, -0.2) is 22.0 Å². The van der Waals surface area contributed by atoms with E-state index in [9.17, 15) is 0 Å². The second-order valence-corrected chi connectivity index (χ2v) is 3.83. The van der Waals surface area contributed by atoms with Crippen molar-refractivity contribution in [1.82, 2.24) is 15.0 Å². The molecule has 0 spiro atoms. The van der Waals surface area contributed by atoms with Gasteiger partial charge in [-0.3, -0.25) is 9.97 Å². The maximum atomic E-state index is 4.42. The van der Waals surface area contributed by atoms with Crippen LogP contribution in [0.5, 0.6) is 0 Å². The average molecular weight is 228 g/mol. The molecule has 0 aliphatic heterocycles. The number of rotatable bonds is 4. The molecular formula is C13H16N4. The van der Waals surface area contributed by atoms with Gasteiger partial charge < -0.3 is 5.32 Å². The van der Waals surface area contributed by atoms with Gasteiger partial charge in [-0.05, 0) is 18.1 Å². The van der Waals surface area contributed by atoms with E-state index in [2.05, 4.69) is 33.3 Å². The van der Waals surface area contributed by atoms with Gasteiger partial charge in [-0.25, -0.2) is 4.98 Å². The third-order valence-corrected chi connectivity index (χ3v) is 2.60. The summed E-state index contributed by atoms with van der Waals surface area (Å²) in [5.41, 5.74) is 3.20. The molecule has 0 amide bonds. The van der Waals surface area contributed by atoms with Crippen molar-refractivity contribution >= 4 is 5.82 Å². The van der Waals surface area contributed by atoms with E-state index >= 15 is 0 Å². The van der Waals surface area contributed by atoms with Crippen molar-refractivity contribution in [2.75, 3.05) is 12.4 Å². The summed E-state index contributed by atoms with van der Waals surface area (Å²) in [4.78, 5) is 13.0. The zero-order valence-electron chi connectivity index (χ0n) is 10.1. The van der Waals surface area contributed by atoms with E-state index in [1.807, 2.05) is 19.3 Å². The molecule has 2 aromatic rings. The standard InChI is InChI=1S/C13H16N4/c1-3-10-4-5-11(16-7-10)6-12-8-15-9-13(14-2)17-12/h4-5,7-9H,3,6H2,1-2H3,(H,14,17). The lowest BCUT2D eigenvalue weighted by molar-refractivity contribution is 0.974. The highest BCUT2D eigenvalue weighted by atomic mass is 15.0. The number of aryl methyl sites for hydroxylation is 1. The summed E-state index contributed by atoms with van der Waals surface area (Å²) in [6.45, 7) is 2.12. The molecule has 0 bridgehead atoms. The molecule has 4 heteroatoms. The van der Waals surface area contributed by atoms with Crippen molar-refractivity contribution in [3.63, 3.8) is 0 Å². The van der Waals surface area contributed by atoms with E-state index in [0.29, 0.717) is 6.42 Å². The number of hydrogen-bond acceptors (Lipinski definition) is 4. The molecule has 2 heterocycles. The Morgan fingerprint density at radius 1 is 1.12 bits per heavy atom. The highest BCUT2D eigenvalue weighted by Gasteiger charge is 2.01. The Kier molecular flexibility index (Phi) is 3.65. The predicted octanol–water partition coefficient (Wildman–Crippen LogP) is 2.07. The van der Waals surface area contributed by atoms with Gasteiger partial charge in [-0.15, -0.1) is 0 Å². The first kappa shape index (κ1) is 11.5. The van der Waals surface area contributed by atoms with Crippen LogP contribution in [0, 0.1) is 0 Å². The van der Waals surface area contributed by atoms with Gasteiger partial charge in [0.15, 0.2) is 0 Å². The zero-order chi connectivity index (χ0) is 12.1. The lowest BCUT2D eigenvalue weighted by Gasteiger charge is -2.03. The largest absolute Gasteiger partial charge is 0.372 e. The summed E-state index contributed by atoms with van der Waals surface area (Å²) in [6, 6.07) is 4.16. The minimum absolute atomic E-state index is 0.715. The first-order valence-corrected chi connectivity index (χ1v) is 5.74. The normalized spacial score (nSPS) is 10.2. The SMILES string of the molecule is CCc1ccc(Cc2cncc(NC)n2)nc1. The number of anilines is 1. The maximum absolute atomic E-state index is 4.42. The van der Waals surface area contributed by atoms with Crippen molar-refractivity contribution < 1.29 is 0 Å². The van der Waals surface area contributed by atoms with Crippen LogP contribution in [0.1, 0.15) is 23.9 Å². The van der Waals surface area contributed by atoms with Crippen molar-refractivity contribution in [3.8, 4) is 0 Å². The second-order valence-electron chi connectivity index (χ2n) is 3.83. The first-order valence-electron chi connectivity index (χ1n) is 5.74. The summed E-state index contributed by atoms with van der Waals surface area (Å²) in [6.07, 6.45) is 7.13. The fourth-order valence-corrected chi connectivity index (χ4v) is 1.57. The van der Waals surface area contributed by atoms with Crippen molar-refractivity contribution in [1.29, 1.82) is 0 Å². The van der Waals surface area contributed by atoms with E-state index in [4.69, 9.17) is 0 Å². The topological polar surface area (TPSA) is 50.7 Å². The van der Waals surface area contributed by atoms with Gasteiger partial charge in [0.05, 0.1) is 11.9 Å². The summed E-state index contributed by atoms with van der Waals surface area (Å²) < 4.78 is 0. The van der Waals surface area contributed by atoms with Gasteiger partial charge in [0, 0.05) is 31.6 Å². The Morgan fingerprint density at radius 2 is 2.00 bits per heavy atom. The number of hydrogen-bond donors (Lipinski definition) is 1. The minimum atomic E-state index is 0.715. The van der Waals surface area contributed by atoms with E-state index in [1.165, 1.54) is 5.56 Å². The monoisotopic (exact) mass is 228 g/mol. The van der Waals surface area contributed by atoms with Crippen LogP contribution >= 0.6 is 0 Å². The molecule has 0 radical (unpaired) electrons.